The molecule has 0 atom stereocenters. The molecule has 1 saturated carbocycles. The first-order valence-corrected chi connectivity index (χ1v) is 8.45. The molecule has 4 nitrogen and oxygen atoms in total. The molecule has 22 heavy (non-hydrogen) atoms. The van der Waals surface area contributed by atoms with Gasteiger partial charge in [0.2, 0.25) is 0 Å². The molecular formula is C18H25NO3. The average molecular weight is 303 g/mol. The van der Waals surface area contributed by atoms with E-state index in [2.05, 4.69) is 5.32 Å². The molecule has 0 unspecified atom stereocenters. The summed E-state index contributed by atoms with van der Waals surface area (Å²) in [6, 6.07) is 5.77. The molecule has 4 heteroatoms. The second-order valence-corrected chi connectivity index (χ2v) is 6.45. The van der Waals surface area contributed by atoms with Crippen LogP contribution in [0.25, 0.3) is 0 Å². The van der Waals surface area contributed by atoms with Gasteiger partial charge in [0, 0.05) is 5.56 Å². The van der Waals surface area contributed by atoms with E-state index in [1.807, 2.05) is 18.2 Å². The van der Waals surface area contributed by atoms with Gasteiger partial charge in [-0.25, -0.2) is 0 Å². The monoisotopic (exact) mass is 303 g/mol. The van der Waals surface area contributed by atoms with Gasteiger partial charge in [-0.3, -0.25) is 4.79 Å². The van der Waals surface area contributed by atoms with E-state index >= 15 is 0 Å². The number of ether oxygens (including phenoxy) is 1. The minimum atomic E-state index is -0.231. The maximum Gasteiger partial charge on any atom is 0.310 e. The fourth-order valence-corrected chi connectivity index (χ4v) is 3.62. The number of hydrogen-bond acceptors (Lipinski definition) is 4. The Hall–Kier alpha value is -1.55. The summed E-state index contributed by atoms with van der Waals surface area (Å²) in [6.07, 6.45) is 6.66. The SMILES string of the molecule is O=C(Cc1cccc(C2CCCC2)c1O)OC1CCNCC1. The fourth-order valence-electron chi connectivity index (χ4n) is 3.62. The molecule has 1 aliphatic carbocycles. The van der Waals surface area contributed by atoms with Gasteiger partial charge in [-0.1, -0.05) is 31.0 Å². The lowest BCUT2D eigenvalue weighted by molar-refractivity contribution is -0.149. The third-order valence-electron chi connectivity index (χ3n) is 4.86. The maximum absolute atomic E-state index is 12.1. The molecule has 120 valence electrons. The molecule has 0 radical (unpaired) electrons. The smallest absolute Gasteiger partial charge is 0.310 e. The minimum Gasteiger partial charge on any atom is -0.507 e. The van der Waals surface area contributed by atoms with Crippen LogP contribution in [0.4, 0.5) is 0 Å². The zero-order valence-corrected chi connectivity index (χ0v) is 13.0. The van der Waals surface area contributed by atoms with Crippen molar-refractivity contribution in [3.8, 4) is 5.75 Å². The van der Waals surface area contributed by atoms with Crippen LogP contribution in [-0.2, 0) is 16.0 Å². The van der Waals surface area contributed by atoms with E-state index < -0.39 is 0 Å². The van der Waals surface area contributed by atoms with Crippen LogP contribution in [0.5, 0.6) is 5.75 Å². The zero-order valence-electron chi connectivity index (χ0n) is 13.0. The third kappa shape index (κ3) is 3.61. The van der Waals surface area contributed by atoms with E-state index in [1.54, 1.807) is 0 Å². The van der Waals surface area contributed by atoms with Gasteiger partial charge in [-0.2, -0.15) is 0 Å². The highest BCUT2D eigenvalue weighted by Gasteiger charge is 2.23. The number of phenols is 1. The summed E-state index contributed by atoms with van der Waals surface area (Å²) < 4.78 is 5.53. The lowest BCUT2D eigenvalue weighted by atomic mass is 9.94. The van der Waals surface area contributed by atoms with E-state index in [9.17, 15) is 9.90 Å². The predicted octanol–water partition coefficient (Wildman–Crippen LogP) is 2.89. The van der Waals surface area contributed by atoms with Crippen molar-refractivity contribution in [1.82, 2.24) is 5.32 Å². The molecule has 1 aromatic rings. The van der Waals surface area contributed by atoms with E-state index in [1.165, 1.54) is 12.8 Å². The van der Waals surface area contributed by atoms with Crippen molar-refractivity contribution in [2.75, 3.05) is 13.1 Å². The van der Waals surface area contributed by atoms with Gasteiger partial charge < -0.3 is 15.2 Å². The Balaban J connectivity index is 1.64. The van der Waals surface area contributed by atoms with Crippen LogP contribution in [0.2, 0.25) is 0 Å². The van der Waals surface area contributed by atoms with Crippen LogP contribution in [0.3, 0.4) is 0 Å². The Bertz CT molecular complexity index is 517. The van der Waals surface area contributed by atoms with Gasteiger partial charge in [0.1, 0.15) is 11.9 Å². The number of rotatable bonds is 4. The second kappa shape index (κ2) is 7.14. The number of nitrogens with one attached hydrogen (secondary N) is 1. The number of carbonyl (C=O) groups excluding carboxylic acids is 1. The van der Waals surface area contributed by atoms with Crippen LogP contribution in [0, 0.1) is 0 Å². The molecule has 0 bridgehead atoms. The van der Waals surface area contributed by atoms with Crippen molar-refractivity contribution in [2.45, 2.75) is 57.0 Å². The molecule has 2 aliphatic rings. The topological polar surface area (TPSA) is 58.6 Å². The molecule has 0 amide bonds. The van der Waals surface area contributed by atoms with E-state index in [4.69, 9.17) is 4.74 Å². The first-order valence-electron chi connectivity index (χ1n) is 8.45. The zero-order chi connectivity index (χ0) is 15.4. The number of carbonyl (C=O) groups is 1. The molecule has 2 N–H and O–H groups in total. The van der Waals surface area contributed by atoms with Crippen molar-refractivity contribution >= 4 is 5.97 Å². The van der Waals surface area contributed by atoms with Crippen molar-refractivity contribution in [3.05, 3.63) is 29.3 Å². The molecule has 1 aliphatic heterocycles. The Labute approximate surface area is 131 Å². The fraction of sp³-hybridized carbons (Fsp3) is 0.611. The van der Waals surface area contributed by atoms with Crippen molar-refractivity contribution < 1.29 is 14.6 Å². The average Bonchev–Trinajstić information content (AvgIpc) is 3.04. The highest BCUT2D eigenvalue weighted by atomic mass is 16.5. The number of aromatic hydroxyl groups is 1. The van der Waals surface area contributed by atoms with Gasteiger partial charge in [0.25, 0.3) is 0 Å². The Kier molecular flexibility index (Phi) is 4.98. The Morgan fingerprint density at radius 2 is 1.91 bits per heavy atom. The largest absolute Gasteiger partial charge is 0.507 e. The quantitative estimate of drug-likeness (QED) is 0.840. The first-order chi connectivity index (χ1) is 10.7. The second-order valence-electron chi connectivity index (χ2n) is 6.45. The van der Waals surface area contributed by atoms with Crippen molar-refractivity contribution in [3.63, 3.8) is 0 Å². The predicted molar refractivity (Wildman–Crippen MR) is 85.0 cm³/mol. The summed E-state index contributed by atoms with van der Waals surface area (Å²) in [7, 11) is 0. The molecule has 1 heterocycles. The molecule has 0 spiro atoms. The first kappa shape index (κ1) is 15.3. The summed E-state index contributed by atoms with van der Waals surface area (Å²) in [4.78, 5) is 12.1. The number of esters is 1. The number of para-hydroxylation sites is 1. The summed E-state index contributed by atoms with van der Waals surface area (Å²) in [5, 5.41) is 13.7. The van der Waals surface area contributed by atoms with E-state index in [-0.39, 0.29) is 18.5 Å². The van der Waals surface area contributed by atoms with E-state index in [0.29, 0.717) is 17.2 Å². The van der Waals surface area contributed by atoms with Crippen molar-refractivity contribution in [1.29, 1.82) is 0 Å². The highest BCUT2D eigenvalue weighted by molar-refractivity contribution is 5.74. The third-order valence-corrected chi connectivity index (χ3v) is 4.86. The maximum atomic E-state index is 12.1. The molecule has 0 aromatic heterocycles. The van der Waals surface area contributed by atoms with Gasteiger partial charge in [0.15, 0.2) is 0 Å². The summed E-state index contributed by atoms with van der Waals surface area (Å²) >= 11 is 0. The molecule has 3 rings (SSSR count). The van der Waals surface area contributed by atoms with Gasteiger partial charge in [0.05, 0.1) is 6.42 Å². The van der Waals surface area contributed by atoms with E-state index in [0.717, 1.165) is 44.3 Å². The Morgan fingerprint density at radius 1 is 1.18 bits per heavy atom. The number of piperidine rings is 1. The van der Waals surface area contributed by atoms with Crippen LogP contribution in [0.15, 0.2) is 18.2 Å². The number of phenolic OH excluding ortho intramolecular Hbond substituents is 1. The van der Waals surface area contributed by atoms with Crippen LogP contribution in [-0.4, -0.2) is 30.3 Å². The normalized spacial score (nSPS) is 20.2. The number of benzene rings is 1. The molecule has 1 aromatic carbocycles. The van der Waals surface area contributed by atoms with Gasteiger partial charge in [-0.05, 0) is 50.3 Å². The Morgan fingerprint density at radius 3 is 2.64 bits per heavy atom. The molecule has 2 fully saturated rings. The summed E-state index contributed by atoms with van der Waals surface area (Å²) in [5.74, 6) is 0.517. The van der Waals surface area contributed by atoms with Gasteiger partial charge >= 0.3 is 5.97 Å². The summed E-state index contributed by atoms with van der Waals surface area (Å²) in [5.41, 5.74) is 1.70. The summed E-state index contributed by atoms with van der Waals surface area (Å²) in [6.45, 7) is 1.81. The highest BCUT2D eigenvalue weighted by Crippen LogP contribution is 2.39. The lowest BCUT2D eigenvalue weighted by Gasteiger charge is -2.23. The van der Waals surface area contributed by atoms with Crippen LogP contribution >= 0.6 is 0 Å². The minimum absolute atomic E-state index is 0.0221. The van der Waals surface area contributed by atoms with Crippen LogP contribution in [0.1, 0.15) is 55.6 Å². The molecule has 1 saturated heterocycles. The lowest BCUT2D eigenvalue weighted by Crippen LogP contribution is -2.34. The van der Waals surface area contributed by atoms with Gasteiger partial charge in [-0.15, -0.1) is 0 Å². The number of hydrogen-bond donors (Lipinski definition) is 2. The van der Waals surface area contributed by atoms with Crippen LogP contribution < -0.4 is 5.32 Å². The standard InChI is InChI=1S/C18H25NO3/c20-17(22-15-8-10-19-11-9-15)12-14-6-3-7-16(18(14)21)13-4-1-2-5-13/h3,6-7,13,15,19,21H,1-2,4-5,8-12H2. The van der Waals surface area contributed by atoms with Crippen molar-refractivity contribution in [2.24, 2.45) is 0 Å². The molecular weight excluding hydrogens is 278 g/mol.